The molecule has 2 heterocycles. The molecule has 5 nitrogen and oxygen atoms in total. The van der Waals surface area contributed by atoms with Crippen LogP contribution in [0, 0.1) is 0 Å². The van der Waals surface area contributed by atoms with Crippen LogP contribution in [0.5, 0.6) is 0 Å². The summed E-state index contributed by atoms with van der Waals surface area (Å²) in [4.78, 5) is 11.7. The van der Waals surface area contributed by atoms with E-state index in [2.05, 4.69) is 21.2 Å². The minimum atomic E-state index is -0.327. The number of aryl methyl sites for hydroxylation is 1. The first-order valence-corrected chi connectivity index (χ1v) is 7.49. The van der Waals surface area contributed by atoms with Crippen molar-refractivity contribution >= 4 is 27.0 Å². The fraction of sp³-hybridized carbons (Fsp3) is 0.267. The highest BCUT2D eigenvalue weighted by Gasteiger charge is 2.18. The molecule has 1 unspecified atom stereocenters. The minimum Gasteiger partial charge on any atom is -0.452 e. The smallest absolute Gasteiger partial charge is 0.419 e. The predicted molar refractivity (Wildman–Crippen MR) is 83.5 cm³/mol. The van der Waals surface area contributed by atoms with E-state index in [4.69, 9.17) is 8.83 Å². The Hall–Kier alpha value is -1.79. The molecule has 0 aliphatic carbocycles. The zero-order valence-corrected chi connectivity index (χ0v) is 13.3. The van der Waals surface area contributed by atoms with Crippen molar-refractivity contribution < 1.29 is 8.83 Å². The second kappa shape index (κ2) is 5.54. The maximum Gasteiger partial charge on any atom is 0.419 e. The number of benzene rings is 1. The van der Waals surface area contributed by atoms with Gasteiger partial charge < -0.3 is 14.2 Å². The molecule has 0 bridgehead atoms. The summed E-state index contributed by atoms with van der Waals surface area (Å²) in [5.41, 5.74) is 2.37. The third kappa shape index (κ3) is 2.45. The van der Waals surface area contributed by atoms with Crippen molar-refractivity contribution in [1.29, 1.82) is 0 Å². The first-order chi connectivity index (χ1) is 10.1. The largest absolute Gasteiger partial charge is 0.452 e. The molecule has 0 fully saturated rings. The highest BCUT2D eigenvalue weighted by atomic mass is 79.9. The van der Waals surface area contributed by atoms with Gasteiger partial charge in [0.05, 0.1) is 11.6 Å². The summed E-state index contributed by atoms with van der Waals surface area (Å²) in [6.45, 7) is 2.51. The van der Waals surface area contributed by atoms with Crippen LogP contribution in [-0.2, 0) is 6.54 Å². The summed E-state index contributed by atoms with van der Waals surface area (Å²) in [7, 11) is 1.86. The van der Waals surface area contributed by atoms with Crippen molar-refractivity contribution in [3.63, 3.8) is 0 Å². The van der Waals surface area contributed by atoms with Gasteiger partial charge in [0.1, 0.15) is 5.76 Å². The average molecular weight is 351 g/mol. The number of hydrogen-bond donors (Lipinski definition) is 1. The van der Waals surface area contributed by atoms with E-state index in [-0.39, 0.29) is 11.8 Å². The predicted octanol–water partition coefficient (Wildman–Crippen LogP) is 3.28. The topological polar surface area (TPSA) is 60.3 Å². The molecule has 0 spiro atoms. The summed E-state index contributed by atoms with van der Waals surface area (Å²) in [6, 6.07) is 9.41. The molecule has 3 rings (SSSR count). The summed E-state index contributed by atoms with van der Waals surface area (Å²) >= 11 is 3.31. The number of furan rings is 1. The number of rotatable bonds is 4. The SMILES string of the molecule is CCn1c(=O)oc2cc(C(NC)c3ccc(Br)o3)ccc21. The monoisotopic (exact) mass is 350 g/mol. The number of fused-ring (bicyclic) bond motifs is 1. The molecule has 6 heteroatoms. The molecule has 2 aromatic heterocycles. The summed E-state index contributed by atoms with van der Waals surface area (Å²) in [5, 5.41) is 3.21. The van der Waals surface area contributed by atoms with Crippen molar-refractivity contribution in [1.82, 2.24) is 9.88 Å². The Morgan fingerprint density at radius 3 is 2.71 bits per heavy atom. The second-order valence-electron chi connectivity index (χ2n) is 4.70. The highest BCUT2D eigenvalue weighted by molar-refractivity contribution is 9.10. The van der Waals surface area contributed by atoms with E-state index >= 15 is 0 Å². The summed E-state index contributed by atoms with van der Waals surface area (Å²) < 4.78 is 13.2. The lowest BCUT2D eigenvalue weighted by Crippen LogP contribution is -2.16. The van der Waals surface area contributed by atoms with E-state index < -0.39 is 0 Å². The molecular weight excluding hydrogens is 336 g/mol. The Balaban J connectivity index is 2.09. The Morgan fingerprint density at radius 2 is 2.10 bits per heavy atom. The van der Waals surface area contributed by atoms with Gasteiger partial charge in [-0.2, -0.15) is 0 Å². The first-order valence-electron chi connectivity index (χ1n) is 6.69. The van der Waals surface area contributed by atoms with E-state index in [0.29, 0.717) is 16.8 Å². The minimum absolute atomic E-state index is 0.101. The molecule has 1 aromatic carbocycles. The van der Waals surface area contributed by atoms with Crippen LogP contribution in [0.1, 0.15) is 24.3 Å². The van der Waals surface area contributed by atoms with Gasteiger partial charge in [-0.1, -0.05) is 6.07 Å². The highest BCUT2D eigenvalue weighted by Crippen LogP contribution is 2.28. The molecule has 1 atom stereocenters. The third-order valence-electron chi connectivity index (χ3n) is 3.51. The van der Waals surface area contributed by atoms with Crippen LogP contribution in [0.4, 0.5) is 0 Å². The molecule has 0 saturated heterocycles. The molecule has 110 valence electrons. The number of halogens is 1. The van der Waals surface area contributed by atoms with Crippen LogP contribution in [0.2, 0.25) is 0 Å². The number of oxazole rings is 1. The Labute approximate surface area is 129 Å². The van der Waals surface area contributed by atoms with Crippen molar-refractivity contribution in [3.05, 3.63) is 56.9 Å². The number of aromatic nitrogens is 1. The summed E-state index contributed by atoms with van der Waals surface area (Å²) in [5.74, 6) is 0.465. The van der Waals surface area contributed by atoms with Crippen molar-refractivity contribution in [2.24, 2.45) is 0 Å². The standard InChI is InChI=1S/C15H15BrN2O3/c1-3-18-10-5-4-9(8-12(10)21-15(18)19)14(17-2)11-6-7-13(16)20-11/h4-8,14,17H,3H2,1-2H3. The Kier molecular flexibility index (Phi) is 3.73. The average Bonchev–Trinajstić information content (AvgIpc) is 3.02. The normalized spacial score (nSPS) is 12.9. The molecule has 0 saturated carbocycles. The fourth-order valence-corrected chi connectivity index (χ4v) is 2.84. The number of nitrogens with zero attached hydrogens (tertiary/aromatic N) is 1. The third-order valence-corrected chi connectivity index (χ3v) is 3.94. The van der Waals surface area contributed by atoms with Gasteiger partial charge >= 0.3 is 5.76 Å². The molecule has 0 amide bonds. The van der Waals surface area contributed by atoms with Crippen molar-refractivity contribution in [3.8, 4) is 0 Å². The lowest BCUT2D eigenvalue weighted by atomic mass is 10.0. The molecule has 0 radical (unpaired) electrons. The Bertz CT molecular complexity index is 831. The zero-order valence-electron chi connectivity index (χ0n) is 11.7. The molecule has 3 aromatic rings. The molecule has 21 heavy (non-hydrogen) atoms. The van der Waals surface area contributed by atoms with E-state index in [1.54, 1.807) is 4.57 Å². The lowest BCUT2D eigenvalue weighted by molar-refractivity contribution is 0.447. The van der Waals surface area contributed by atoms with Gasteiger partial charge in [-0.25, -0.2) is 4.79 Å². The van der Waals surface area contributed by atoms with E-state index in [1.807, 2.05) is 44.3 Å². The van der Waals surface area contributed by atoms with E-state index in [9.17, 15) is 4.79 Å². The van der Waals surface area contributed by atoms with Crippen molar-refractivity contribution in [2.45, 2.75) is 19.5 Å². The van der Waals surface area contributed by atoms with Crippen LogP contribution < -0.4 is 11.1 Å². The zero-order chi connectivity index (χ0) is 15.0. The van der Waals surface area contributed by atoms with Gasteiger partial charge in [-0.3, -0.25) is 4.57 Å². The molecule has 0 aliphatic rings. The maximum absolute atomic E-state index is 11.7. The quantitative estimate of drug-likeness (QED) is 0.784. The molecule has 1 N–H and O–H groups in total. The van der Waals surface area contributed by atoms with E-state index in [0.717, 1.165) is 16.8 Å². The van der Waals surface area contributed by atoms with Crippen LogP contribution in [0.25, 0.3) is 11.1 Å². The number of hydrogen-bond acceptors (Lipinski definition) is 4. The van der Waals surface area contributed by atoms with Crippen LogP contribution >= 0.6 is 15.9 Å². The summed E-state index contributed by atoms with van der Waals surface area (Å²) in [6.07, 6.45) is 0. The fourth-order valence-electron chi connectivity index (χ4n) is 2.52. The van der Waals surface area contributed by atoms with Gasteiger partial charge in [0, 0.05) is 6.54 Å². The van der Waals surface area contributed by atoms with Gasteiger partial charge in [0.25, 0.3) is 0 Å². The van der Waals surface area contributed by atoms with Crippen LogP contribution in [0.3, 0.4) is 0 Å². The lowest BCUT2D eigenvalue weighted by Gasteiger charge is -2.13. The Morgan fingerprint density at radius 1 is 1.29 bits per heavy atom. The maximum atomic E-state index is 11.7. The van der Waals surface area contributed by atoms with Gasteiger partial charge in [-0.15, -0.1) is 0 Å². The first kappa shape index (κ1) is 14.2. The van der Waals surface area contributed by atoms with E-state index in [1.165, 1.54) is 0 Å². The van der Waals surface area contributed by atoms with Crippen LogP contribution in [-0.4, -0.2) is 11.6 Å². The van der Waals surface area contributed by atoms with Crippen LogP contribution in [0.15, 0.2) is 48.6 Å². The van der Waals surface area contributed by atoms with Crippen molar-refractivity contribution in [2.75, 3.05) is 7.05 Å². The van der Waals surface area contributed by atoms with Gasteiger partial charge in [0.2, 0.25) is 0 Å². The number of nitrogens with one attached hydrogen (secondary N) is 1. The second-order valence-corrected chi connectivity index (χ2v) is 5.48. The molecule has 0 aliphatic heterocycles. The van der Waals surface area contributed by atoms with Gasteiger partial charge in [0.15, 0.2) is 10.3 Å². The van der Waals surface area contributed by atoms with Gasteiger partial charge in [-0.05, 0) is 59.7 Å². The molecular formula is C15H15BrN2O3.